The van der Waals surface area contributed by atoms with Crippen molar-refractivity contribution in [2.24, 2.45) is 0 Å². The normalized spacial score (nSPS) is 18.0. The highest BCUT2D eigenvalue weighted by Crippen LogP contribution is 2.39. The Balaban J connectivity index is 2.36. The van der Waals surface area contributed by atoms with Gasteiger partial charge in [-0.3, -0.25) is 4.52 Å². The van der Waals surface area contributed by atoms with E-state index < -0.39 is 16.7 Å². The lowest BCUT2D eigenvalue weighted by atomic mass is 10.6. The number of rotatable bonds is 1. The average Bonchev–Trinajstić information content (AvgIpc) is 2.55. The van der Waals surface area contributed by atoms with E-state index in [2.05, 4.69) is 14.1 Å². The fourth-order valence-electron chi connectivity index (χ4n) is 0.750. The summed E-state index contributed by atoms with van der Waals surface area (Å²) < 4.78 is 8.91. The van der Waals surface area contributed by atoms with Gasteiger partial charge in [-0.15, -0.1) is 10.9 Å². The standard InChI is InChI=1S/C6H5NO3S/c8-6-9-5(7-10-6)11-3-1-2-4-11/h1-4,11H. The van der Waals surface area contributed by atoms with Crippen molar-refractivity contribution >= 4 is 10.9 Å². The molecule has 0 aromatic carbocycles. The van der Waals surface area contributed by atoms with Gasteiger partial charge in [-0.25, -0.2) is 4.79 Å². The van der Waals surface area contributed by atoms with Gasteiger partial charge in [0.05, 0.1) is 0 Å². The summed E-state index contributed by atoms with van der Waals surface area (Å²) in [6.07, 6.45) is 3.78. The van der Waals surface area contributed by atoms with Gasteiger partial charge in [-0.05, 0) is 16.0 Å². The highest BCUT2D eigenvalue weighted by atomic mass is 32.2. The molecule has 1 aliphatic heterocycles. The van der Waals surface area contributed by atoms with Crippen molar-refractivity contribution in [1.29, 1.82) is 0 Å². The predicted molar refractivity (Wildman–Crippen MR) is 40.6 cm³/mol. The fraction of sp³-hybridized carbons (Fsp3) is 0. The lowest BCUT2D eigenvalue weighted by Crippen LogP contribution is -1.85. The zero-order chi connectivity index (χ0) is 7.68. The Morgan fingerprint density at radius 3 is 2.64 bits per heavy atom. The lowest BCUT2D eigenvalue weighted by molar-refractivity contribution is 0.332. The molecular weight excluding hydrogens is 166 g/mol. The first-order chi connectivity index (χ1) is 5.36. The first kappa shape index (κ1) is 6.48. The van der Waals surface area contributed by atoms with Crippen molar-refractivity contribution in [3.8, 4) is 0 Å². The van der Waals surface area contributed by atoms with Crippen molar-refractivity contribution in [1.82, 2.24) is 5.16 Å². The number of aromatic nitrogens is 1. The minimum Gasteiger partial charge on any atom is -0.366 e. The molecule has 0 N–H and O–H groups in total. The Morgan fingerprint density at radius 2 is 2.09 bits per heavy atom. The maximum absolute atomic E-state index is 10.4. The number of allylic oxidation sites excluding steroid dienone is 2. The zero-order valence-electron chi connectivity index (χ0n) is 5.43. The summed E-state index contributed by atoms with van der Waals surface area (Å²) in [5, 5.41) is 7.69. The molecule has 0 bridgehead atoms. The largest absolute Gasteiger partial charge is 0.542 e. The van der Waals surface area contributed by atoms with Crippen LogP contribution < -0.4 is 5.82 Å². The van der Waals surface area contributed by atoms with Crippen LogP contribution in [0.25, 0.3) is 0 Å². The summed E-state index contributed by atoms with van der Waals surface area (Å²) in [5.41, 5.74) is 0. The van der Waals surface area contributed by atoms with Crippen LogP contribution in [0.2, 0.25) is 0 Å². The molecule has 1 aliphatic rings. The lowest BCUT2D eigenvalue weighted by Gasteiger charge is -1.98. The van der Waals surface area contributed by atoms with E-state index in [0.717, 1.165) is 0 Å². The van der Waals surface area contributed by atoms with Crippen LogP contribution in [-0.2, 0) is 0 Å². The van der Waals surface area contributed by atoms with Gasteiger partial charge >= 0.3 is 5.82 Å². The maximum atomic E-state index is 10.4. The van der Waals surface area contributed by atoms with Crippen LogP contribution in [0.3, 0.4) is 0 Å². The molecule has 0 fully saturated rings. The van der Waals surface area contributed by atoms with E-state index in [1.165, 1.54) is 0 Å². The van der Waals surface area contributed by atoms with Crippen LogP contribution in [0.15, 0.2) is 41.9 Å². The van der Waals surface area contributed by atoms with Gasteiger partial charge in [0.1, 0.15) is 0 Å². The zero-order valence-corrected chi connectivity index (χ0v) is 6.32. The number of thiol groups is 1. The smallest absolute Gasteiger partial charge is 0.366 e. The molecular formula is C6H5NO3S. The Morgan fingerprint density at radius 1 is 1.36 bits per heavy atom. The minimum atomic E-state index is -0.740. The second kappa shape index (κ2) is 2.43. The summed E-state index contributed by atoms with van der Waals surface area (Å²) in [7, 11) is -0.652. The molecule has 58 valence electrons. The minimum absolute atomic E-state index is 0.370. The van der Waals surface area contributed by atoms with E-state index in [-0.39, 0.29) is 0 Å². The Hall–Kier alpha value is -1.23. The third-order valence-corrected chi connectivity index (χ3v) is 2.80. The van der Waals surface area contributed by atoms with Gasteiger partial charge in [0.2, 0.25) is 0 Å². The molecule has 0 unspecified atom stereocenters. The molecule has 0 saturated carbocycles. The molecule has 1 aromatic rings. The van der Waals surface area contributed by atoms with E-state index in [0.29, 0.717) is 5.22 Å². The second-order valence-corrected chi connectivity index (χ2v) is 3.70. The first-order valence-corrected chi connectivity index (χ1v) is 4.44. The highest BCUT2D eigenvalue weighted by molar-refractivity contribution is 8.22. The molecule has 5 heteroatoms. The molecule has 1 aromatic heterocycles. The number of hydrogen-bond donors (Lipinski definition) is 1. The summed E-state index contributed by atoms with van der Waals surface area (Å²) in [5.74, 6) is -0.740. The Labute approximate surface area is 64.5 Å². The summed E-state index contributed by atoms with van der Waals surface area (Å²) >= 11 is 0. The second-order valence-electron chi connectivity index (χ2n) is 1.91. The van der Waals surface area contributed by atoms with Crippen LogP contribution in [0.1, 0.15) is 0 Å². The summed E-state index contributed by atoms with van der Waals surface area (Å²) in [6, 6.07) is 0. The van der Waals surface area contributed by atoms with Crippen molar-refractivity contribution in [2.75, 3.05) is 0 Å². The topological polar surface area (TPSA) is 56.2 Å². The van der Waals surface area contributed by atoms with E-state index in [9.17, 15) is 4.79 Å². The van der Waals surface area contributed by atoms with E-state index in [1.807, 2.05) is 23.0 Å². The predicted octanol–water partition coefficient (Wildman–Crippen LogP) is 1.03. The maximum Gasteiger partial charge on any atom is 0.542 e. The van der Waals surface area contributed by atoms with Gasteiger partial charge in [0.25, 0.3) is 5.22 Å². The van der Waals surface area contributed by atoms with E-state index >= 15 is 0 Å². The third kappa shape index (κ3) is 1.14. The number of hydrogen-bond acceptors (Lipinski definition) is 4. The monoisotopic (exact) mass is 171 g/mol. The van der Waals surface area contributed by atoms with E-state index in [4.69, 9.17) is 0 Å². The molecule has 2 rings (SSSR count). The highest BCUT2D eigenvalue weighted by Gasteiger charge is 2.10. The molecule has 2 heterocycles. The molecule has 0 aliphatic carbocycles. The van der Waals surface area contributed by atoms with Gasteiger partial charge < -0.3 is 4.42 Å². The van der Waals surface area contributed by atoms with Crippen molar-refractivity contribution in [2.45, 2.75) is 5.22 Å². The number of nitrogens with zero attached hydrogens (tertiary/aromatic N) is 1. The summed E-state index contributed by atoms with van der Waals surface area (Å²) in [4.78, 5) is 10.4. The molecule has 0 saturated heterocycles. The van der Waals surface area contributed by atoms with Crippen LogP contribution in [0.5, 0.6) is 0 Å². The van der Waals surface area contributed by atoms with Gasteiger partial charge in [-0.1, -0.05) is 12.2 Å². The third-order valence-electron chi connectivity index (χ3n) is 1.20. The van der Waals surface area contributed by atoms with Crippen molar-refractivity contribution in [3.63, 3.8) is 0 Å². The van der Waals surface area contributed by atoms with Gasteiger partial charge in [0.15, 0.2) is 0 Å². The molecule has 11 heavy (non-hydrogen) atoms. The Kier molecular flexibility index (Phi) is 1.43. The van der Waals surface area contributed by atoms with Gasteiger partial charge in [0, 0.05) is 0 Å². The average molecular weight is 171 g/mol. The molecule has 0 amide bonds. The molecule has 0 radical (unpaired) electrons. The molecule has 0 spiro atoms. The van der Waals surface area contributed by atoms with E-state index in [1.54, 1.807) is 0 Å². The fourth-order valence-corrected chi connectivity index (χ4v) is 1.99. The summed E-state index contributed by atoms with van der Waals surface area (Å²) in [6.45, 7) is 0. The SMILES string of the molecule is O=c1onc([SH]2C=CC=C2)o1. The van der Waals surface area contributed by atoms with Gasteiger partial charge in [-0.2, -0.15) is 0 Å². The Bertz CT molecular complexity index is 350. The molecule has 0 atom stereocenters. The quantitative estimate of drug-likeness (QED) is 0.641. The van der Waals surface area contributed by atoms with Crippen LogP contribution in [0, 0.1) is 0 Å². The van der Waals surface area contributed by atoms with Crippen LogP contribution >= 0.6 is 10.9 Å². The van der Waals surface area contributed by atoms with Crippen LogP contribution in [-0.4, -0.2) is 5.16 Å². The van der Waals surface area contributed by atoms with Crippen molar-refractivity contribution < 1.29 is 8.94 Å². The van der Waals surface area contributed by atoms with Crippen molar-refractivity contribution in [3.05, 3.63) is 33.6 Å². The first-order valence-electron chi connectivity index (χ1n) is 2.96. The van der Waals surface area contributed by atoms with Crippen LogP contribution in [0.4, 0.5) is 0 Å². The molecule has 4 nitrogen and oxygen atoms in total.